The molecule has 1 aliphatic rings. The van der Waals surface area contributed by atoms with Gasteiger partial charge in [0.05, 0.1) is 0 Å². The molecule has 0 aliphatic heterocycles. The van der Waals surface area contributed by atoms with Crippen molar-refractivity contribution in [3.63, 3.8) is 0 Å². The molecule has 2 N–H and O–H groups in total. The molecule has 1 saturated carbocycles. The molecule has 2 nitrogen and oxygen atoms in total. The van der Waals surface area contributed by atoms with Gasteiger partial charge in [-0.15, -0.1) is 0 Å². The Morgan fingerprint density at radius 2 is 2.07 bits per heavy atom. The first-order valence-corrected chi connectivity index (χ1v) is 5.89. The zero-order valence-corrected chi connectivity index (χ0v) is 9.84. The van der Waals surface area contributed by atoms with E-state index >= 15 is 0 Å². The van der Waals surface area contributed by atoms with Crippen molar-refractivity contribution in [2.75, 3.05) is 13.2 Å². The molecule has 0 bridgehead atoms. The fourth-order valence-electron chi connectivity index (χ4n) is 1.74. The summed E-state index contributed by atoms with van der Waals surface area (Å²) in [5.74, 6) is 0.945. The predicted octanol–water partition coefficient (Wildman–Crippen LogP) is 2.17. The van der Waals surface area contributed by atoms with Crippen molar-refractivity contribution in [1.29, 1.82) is 0 Å². The van der Waals surface area contributed by atoms with E-state index in [1.54, 1.807) is 0 Å². The second-order valence-corrected chi connectivity index (χ2v) is 5.51. The zero-order chi connectivity index (χ0) is 10.6. The number of aliphatic hydroxyl groups is 1. The molecule has 0 aromatic heterocycles. The first-order chi connectivity index (χ1) is 6.55. The summed E-state index contributed by atoms with van der Waals surface area (Å²) in [7, 11) is 0. The topological polar surface area (TPSA) is 32.3 Å². The van der Waals surface area contributed by atoms with Gasteiger partial charge in [0.1, 0.15) is 0 Å². The first-order valence-electron chi connectivity index (χ1n) is 5.89. The molecular formula is C12H25NO. The molecule has 84 valence electrons. The number of aliphatic hydroxyl groups excluding tert-OH is 1. The average molecular weight is 199 g/mol. The van der Waals surface area contributed by atoms with Crippen LogP contribution in [-0.2, 0) is 0 Å². The Morgan fingerprint density at radius 1 is 1.43 bits per heavy atom. The van der Waals surface area contributed by atoms with E-state index in [0.717, 1.165) is 18.9 Å². The van der Waals surface area contributed by atoms with Crippen LogP contribution in [0, 0.1) is 11.3 Å². The molecule has 0 aromatic carbocycles. The Bertz CT molecular complexity index is 164. The molecule has 0 spiro atoms. The van der Waals surface area contributed by atoms with Gasteiger partial charge in [0.15, 0.2) is 0 Å². The predicted molar refractivity (Wildman–Crippen MR) is 60.3 cm³/mol. The third-order valence-electron chi connectivity index (χ3n) is 3.25. The quantitative estimate of drug-likeness (QED) is 0.616. The van der Waals surface area contributed by atoms with Gasteiger partial charge in [-0.3, -0.25) is 0 Å². The van der Waals surface area contributed by atoms with Crippen molar-refractivity contribution < 1.29 is 5.11 Å². The molecule has 1 unspecified atom stereocenters. The summed E-state index contributed by atoms with van der Waals surface area (Å²) >= 11 is 0. The minimum absolute atomic E-state index is 0.102. The molecular weight excluding hydrogens is 174 g/mol. The lowest BCUT2D eigenvalue weighted by molar-refractivity contribution is 0.147. The van der Waals surface area contributed by atoms with Crippen LogP contribution in [0.2, 0.25) is 0 Å². The van der Waals surface area contributed by atoms with E-state index in [9.17, 15) is 0 Å². The van der Waals surface area contributed by atoms with Gasteiger partial charge >= 0.3 is 0 Å². The molecule has 1 fully saturated rings. The average Bonchev–Trinajstić information content (AvgIpc) is 2.95. The monoisotopic (exact) mass is 199 g/mol. The van der Waals surface area contributed by atoms with Crippen molar-refractivity contribution in [2.24, 2.45) is 11.3 Å². The summed E-state index contributed by atoms with van der Waals surface area (Å²) in [5, 5.41) is 12.6. The molecule has 1 atom stereocenters. The fraction of sp³-hybridized carbons (Fsp3) is 1.00. The van der Waals surface area contributed by atoms with E-state index in [1.807, 2.05) is 0 Å². The molecule has 2 heteroatoms. The molecule has 0 radical (unpaired) electrons. The standard InChI is InChI=1S/C12H25NO/c1-10(11-5-6-11)13-8-4-7-12(2,3)9-14/h10-11,13-14H,4-9H2,1-3H3. The molecule has 0 amide bonds. The highest BCUT2D eigenvalue weighted by atomic mass is 16.3. The Morgan fingerprint density at radius 3 is 2.57 bits per heavy atom. The summed E-state index contributed by atoms with van der Waals surface area (Å²) in [6.45, 7) is 7.93. The molecule has 0 saturated heterocycles. The SMILES string of the molecule is CC(NCCCC(C)(C)CO)C1CC1. The van der Waals surface area contributed by atoms with Gasteiger partial charge in [-0.05, 0) is 50.5 Å². The fourth-order valence-corrected chi connectivity index (χ4v) is 1.74. The minimum Gasteiger partial charge on any atom is -0.396 e. The second-order valence-electron chi connectivity index (χ2n) is 5.51. The van der Waals surface area contributed by atoms with Gasteiger partial charge in [0, 0.05) is 12.6 Å². The van der Waals surface area contributed by atoms with E-state index in [0.29, 0.717) is 12.6 Å². The normalized spacial score (nSPS) is 19.7. The largest absolute Gasteiger partial charge is 0.396 e. The van der Waals surface area contributed by atoms with Crippen LogP contribution < -0.4 is 5.32 Å². The van der Waals surface area contributed by atoms with Crippen LogP contribution >= 0.6 is 0 Å². The van der Waals surface area contributed by atoms with Crippen molar-refractivity contribution >= 4 is 0 Å². The maximum atomic E-state index is 9.08. The number of nitrogens with one attached hydrogen (secondary N) is 1. The highest BCUT2D eigenvalue weighted by Gasteiger charge is 2.27. The van der Waals surface area contributed by atoms with E-state index < -0.39 is 0 Å². The third-order valence-corrected chi connectivity index (χ3v) is 3.25. The van der Waals surface area contributed by atoms with Crippen molar-refractivity contribution in [2.45, 2.75) is 52.5 Å². The van der Waals surface area contributed by atoms with Crippen LogP contribution in [0.4, 0.5) is 0 Å². The molecule has 1 aliphatic carbocycles. The summed E-state index contributed by atoms with van der Waals surface area (Å²) < 4.78 is 0. The highest BCUT2D eigenvalue weighted by Crippen LogP contribution is 2.32. The molecule has 1 rings (SSSR count). The number of hydrogen-bond acceptors (Lipinski definition) is 2. The van der Waals surface area contributed by atoms with Crippen LogP contribution in [0.3, 0.4) is 0 Å². The summed E-state index contributed by atoms with van der Waals surface area (Å²) in [4.78, 5) is 0. The van der Waals surface area contributed by atoms with E-state index in [4.69, 9.17) is 5.11 Å². The molecule has 0 aromatic rings. The van der Waals surface area contributed by atoms with Crippen molar-refractivity contribution in [3.05, 3.63) is 0 Å². The zero-order valence-electron chi connectivity index (χ0n) is 9.84. The van der Waals surface area contributed by atoms with Crippen molar-refractivity contribution in [3.8, 4) is 0 Å². The molecule has 14 heavy (non-hydrogen) atoms. The van der Waals surface area contributed by atoms with Gasteiger partial charge in [-0.1, -0.05) is 13.8 Å². The maximum Gasteiger partial charge on any atom is 0.0482 e. The third kappa shape index (κ3) is 4.43. The van der Waals surface area contributed by atoms with Crippen LogP contribution in [-0.4, -0.2) is 24.3 Å². The Hall–Kier alpha value is -0.0800. The second kappa shape index (κ2) is 5.13. The minimum atomic E-state index is 0.102. The summed E-state index contributed by atoms with van der Waals surface area (Å²) in [5.41, 5.74) is 0.102. The lowest BCUT2D eigenvalue weighted by Crippen LogP contribution is -2.29. The van der Waals surface area contributed by atoms with Crippen molar-refractivity contribution in [1.82, 2.24) is 5.32 Å². The van der Waals surface area contributed by atoms with Gasteiger partial charge in [-0.2, -0.15) is 0 Å². The smallest absolute Gasteiger partial charge is 0.0482 e. The highest BCUT2D eigenvalue weighted by molar-refractivity contribution is 4.83. The Labute approximate surface area is 88.1 Å². The van der Waals surface area contributed by atoms with Crippen LogP contribution in [0.25, 0.3) is 0 Å². The summed E-state index contributed by atoms with van der Waals surface area (Å²) in [6.07, 6.45) is 5.10. The van der Waals surface area contributed by atoms with Crippen LogP contribution in [0.5, 0.6) is 0 Å². The van der Waals surface area contributed by atoms with Crippen LogP contribution in [0.15, 0.2) is 0 Å². The maximum absolute atomic E-state index is 9.08. The lowest BCUT2D eigenvalue weighted by atomic mass is 9.89. The van der Waals surface area contributed by atoms with Crippen LogP contribution in [0.1, 0.15) is 46.5 Å². The van der Waals surface area contributed by atoms with E-state index in [1.165, 1.54) is 19.3 Å². The summed E-state index contributed by atoms with van der Waals surface area (Å²) in [6, 6.07) is 0.701. The van der Waals surface area contributed by atoms with Gasteiger partial charge in [0.25, 0.3) is 0 Å². The Balaban J connectivity index is 1.98. The van der Waals surface area contributed by atoms with Gasteiger partial charge in [0.2, 0.25) is 0 Å². The lowest BCUT2D eigenvalue weighted by Gasteiger charge is -2.22. The van der Waals surface area contributed by atoms with Gasteiger partial charge < -0.3 is 10.4 Å². The Kier molecular flexibility index (Phi) is 4.39. The van der Waals surface area contributed by atoms with E-state index in [2.05, 4.69) is 26.1 Å². The van der Waals surface area contributed by atoms with Gasteiger partial charge in [-0.25, -0.2) is 0 Å². The number of hydrogen-bond donors (Lipinski definition) is 2. The number of rotatable bonds is 7. The van der Waals surface area contributed by atoms with E-state index in [-0.39, 0.29) is 5.41 Å². The molecule has 0 heterocycles. The first kappa shape index (κ1) is 12.0.